The van der Waals surface area contributed by atoms with Crippen molar-refractivity contribution in [1.29, 1.82) is 0 Å². The Labute approximate surface area is 144 Å². The van der Waals surface area contributed by atoms with Crippen molar-refractivity contribution >= 4 is 11.6 Å². The standard InChI is InChI=1S/C19H16FN3O2/c1-22(16-5-3-2-4-6-16)19(25)17-11-12-18(24)23(21-17)13-14-7-9-15(20)10-8-14/h2-12H,13H2,1H3. The number of hydrogen-bond donors (Lipinski definition) is 0. The first kappa shape index (κ1) is 16.6. The number of carbonyl (C=O) groups is 1. The van der Waals surface area contributed by atoms with Gasteiger partial charge in [0.15, 0.2) is 0 Å². The molecule has 1 heterocycles. The summed E-state index contributed by atoms with van der Waals surface area (Å²) in [7, 11) is 1.65. The summed E-state index contributed by atoms with van der Waals surface area (Å²) >= 11 is 0. The van der Waals surface area contributed by atoms with Crippen LogP contribution in [0.3, 0.4) is 0 Å². The Morgan fingerprint density at radius 2 is 1.72 bits per heavy atom. The van der Waals surface area contributed by atoms with Crippen LogP contribution in [0.4, 0.5) is 10.1 Å². The zero-order valence-corrected chi connectivity index (χ0v) is 13.6. The molecule has 0 atom stereocenters. The maximum atomic E-state index is 13.0. The van der Waals surface area contributed by atoms with E-state index in [1.54, 1.807) is 19.2 Å². The van der Waals surface area contributed by atoms with Crippen LogP contribution in [0.5, 0.6) is 0 Å². The summed E-state index contributed by atoms with van der Waals surface area (Å²) < 4.78 is 14.2. The summed E-state index contributed by atoms with van der Waals surface area (Å²) in [6.07, 6.45) is 0. The zero-order chi connectivity index (χ0) is 17.8. The molecule has 0 unspecified atom stereocenters. The van der Waals surface area contributed by atoms with Gasteiger partial charge in [-0.05, 0) is 35.9 Å². The van der Waals surface area contributed by atoms with Crippen molar-refractivity contribution in [2.45, 2.75) is 6.54 Å². The van der Waals surface area contributed by atoms with E-state index in [-0.39, 0.29) is 29.5 Å². The third-order valence-electron chi connectivity index (χ3n) is 3.78. The minimum atomic E-state index is -0.350. The summed E-state index contributed by atoms with van der Waals surface area (Å²) in [5.41, 5.74) is 1.28. The van der Waals surface area contributed by atoms with Crippen LogP contribution >= 0.6 is 0 Å². The first-order chi connectivity index (χ1) is 12.0. The summed E-state index contributed by atoms with van der Waals surface area (Å²) in [6.45, 7) is 0.162. The van der Waals surface area contributed by atoms with Crippen molar-refractivity contribution in [3.8, 4) is 0 Å². The van der Waals surface area contributed by atoms with Gasteiger partial charge in [0.1, 0.15) is 11.5 Å². The topological polar surface area (TPSA) is 55.2 Å². The maximum absolute atomic E-state index is 13.0. The van der Waals surface area contributed by atoms with E-state index in [4.69, 9.17) is 0 Å². The number of halogens is 1. The Kier molecular flexibility index (Phi) is 4.70. The molecule has 0 aliphatic heterocycles. The molecule has 6 heteroatoms. The predicted octanol–water partition coefficient (Wildman–Crippen LogP) is 2.71. The molecule has 3 rings (SSSR count). The van der Waals surface area contributed by atoms with Crippen LogP contribution in [0.2, 0.25) is 0 Å². The Morgan fingerprint density at radius 3 is 2.40 bits per heavy atom. The molecule has 1 aromatic heterocycles. The lowest BCUT2D eigenvalue weighted by molar-refractivity contribution is 0.0986. The molecule has 126 valence electrons. The van der Waals surface area contributed by atoms with E-state index in [1.165, 1.54) is 33.8 Å². The molecule has 5 nitrogen and oxygen atoms in total. The van der Waals surface area contributed by atoms with Gasteiger partial charge in [0.2, 0.25) is 0 Å². The number of hydrogen-bond acceptors (Lipinski definition) is 3. The Bertz CT molecular complexity index is 937. The number of anilines is 1. The number of rotatable bonds is 4. The lowest BCUT2D eigenvalue weighted by Gasteiger charge is -2.17. The maximum Gasteiger partial charge on any atom is 0.278 e. The number of nitrogens with zero attached hydrogens (tertiary/aromatic N) is 3. The highest BCUT2D eigenvalue weighted by molar-refractivity contribution is 6.04. The van der Waals surface area contributed by atoms with E-state index in [1.807, 2.05) is 30.3 Å². The zero-order valence-electron chi connectivity index (χ0n) is 13.6. The molecular formula is C19H16FN3O2. The van der Waals surface area contributed by atoms with Crippen LogP contribution in [0.15, 0.2) is 71.5 Å². The van der Waals surface area contributed by atoms with Crippen LogP contribution in [-0.4, -0.2) is 22.7 Å². The highest BCUT2D eigenvalue weighted by Crippen LogP contribution is 2.13. The number of carbonyl (C=O) groups excluding carboxylic acids is 1. The Hall–Kier alpha value is -3.28. The molecular weight excluding hydrogens is 321 g/mol. The first-order valence-electron chi connectivity index (χ1n) is 7.70. The normalized spacial score (nSPS) is 10.5. The molecule has 0 spiro atoms. The Morgan fingerprint density at radius 1 is 1.04 bits per heavy atom. The van der Waals surface area contributed by atoms with Gasteiger partial charge < -0.3 is 4.90 Å². The van der Waals surface area contributed by atoms with Gasteiger partial charge >= 0.3 is 0 Å². The average Bonchev–Trinajstić information content (AvgIpc) is 2.65. The van der Waals surface area contributed by atoms with Crippen LogP contribution in [0.25, 0.3) is 0 Å². The van der Waals surface area contributed by atoms with Gasteiger partial charge in [-0.2, -0.15) is 5.10 Å². The van der Waals surface area contributed by atoms with Gasteiger partial charge in [-0.25, -0.2) is 9.07 Å². The minimum Gasteiger partial charge on any atom is -0.310 e. The van der Waals surface area contributed by atoms with Gasteiger partial charge in [0.25, 0.3) is 11.5 Å². The Balaban J connectivity index is 1.87. The van der Waals surface area contributed by atoms with Crippen LogP contribution in [0, 0.1) is 5.82 Å². The van der Waals surface area contributed by atoms with Crippen molar-refractivity contribution in [2.75, 3.05) is 11.9 Å². The molecule has 0 saturated heterocycles. The molecule has 0 N–H and O–H groups in total. The number of para-hydroxylation sites is 1. The smallest absolute Gasteiger partial charge is 0.278 e. The van der Waals surface area contributed by atoms with Gasteiger partial charge in [-0.15, -0.1) is 0 Å². The van der Waals surface area contributed by atoms with Crippen LogP contribution < -0.4 is 10.5 Å². The third kappa shape index (κ3) is 3.80. The molecule has 3 aromatic rings. The first-order valence-corrected chi connectivity index (χ1v) is 7.70. The largest absolute Gasteiger partial charge is 0.310 e. The summed E-state index contributed by atoms with van der Waals surface area (Å²) in [5.74, 6) is -0.670. The molecule has 0 radical (unpaired) electrons. The summed E-state index contributed by atoms with van der Waals surface area (Å²) in [4.78, 5) is 26.1. The predicted molar refractivity (Wildman–Crippen MR) is 93.2 cm³/mol. The number of aromatic nitrogens is 2. The van der Waals surface area contributed by atoms with E-state index in [2.05, 4.69) is 5.10 Å². The monoisotopic (exact) mass is 337 g/mol. The number of benzene rings is 2. The fourth-order valence-electron chi connectivity index (χ4n) is 2.38. The molecule has 0 bridgehead atoms. The summed E-state index contributed by atoms with van der Waals surface area (Å²) in [5, 5.41) is 4.16. The second kappa shape index (κ2) is 7.09. The van der Waals surface area contributed by atoms with E-state index in [0.29, 0.717) is 0 Å². The van der Waals surface area contributed by atoms with Crippen molar-refractivity contribution < 1.29 is 9.18 Å². The lowest BCUT2D eigenvalue weighted by Crippen LogP contribution is -2.31. The van der Waals surface area contributed by atoms with Crippen molar-refractivity contribution in [1.82, 2.24) is 9.78 Å². The lowest BCUT2D eigenvalue weighted by atomic mass is 10.2. The molecule has 0 saturated carbocycles. The second-order valence-electron chi connectivity index (χ2n) is 5.54. The van der Waals surface area contributed by atoms with E-state index in [0.717, 1.165) is 11.3 Å². The molecule has 1 amide bonds. The van der Waals surface area contributed by atoms with Gasteiger partial charge in [0.05, 0.1) is 6.54 Å². The molecule has 0 fully saturated rings. The van der Waals surface area contributed by atoms with Gasteiger partial charge in [-0.3, -0.25) is 9.59 Å². The average molecular weight is 337 g/mol. The van der Waals surface area contributed by atoms with E-state index < -0.39 is 0 Å². The summed E-state index contributed by atoms with van der Waals surface area (Å²) in [6, 6.07) is 17.7. The fraction of sp³-hybridized carbons (Fsp3) is 0.105. The van der Waals surface area contributed by atoms with Crippen molar-refractivity contribution in [3.05, 3.63) is 94.2 Å². The van der Waals surface area contributed by atoms with Crippen molar-refractivity contribution in [2.24, 2.45) is 0 Å². The molecule has 2 aromatic carbocycles. The van der Waals surface area contributed by atoms with Crippen LogP contribution in [-0.2, 0) is 6.54 Å². The SMILES string of the molecule is CN(C(=O)c1ccc(=O)n(Cc2ccc(F)cc2)n1)c1ccccc1. The number of amides is 1. The van der Waals surface area contributed by atoms with Gasteiger partial charge in [-0.1, -0.05) is 30.3 Å². The van der Waals surface area contributed by atoms with Gasteiger partial charge in [0, 0.05) is 18.8 Å². The molecule has 0 aliphatic carbocycles. The highest BCUT2D eigenvalue weighted by Gasteiger charge is 2.16. The molecule has 25 heavy (non-hydrogen) atoms. The van der Waals surface area contributed by atoms with E-state index in [9.17, 15) is 14.0 Å². The van der Waals surface area contributed by atoms with E-state index >= 15 is 0 Å². The van der Waals surface area contributed by atoms with Crippen LogP contribution in [0.1, 0.15) is 16.1 Å². The fourth-order valence-corrected chi connectivity index (χ4v) is 2.38. The third-order valence-corrected chi connectivity index (χ3v) is 3.78. The molecule has 0 aliphatic rings. The highest BCUT2D eigenvalue weighted by atomic mass is 19.1. The second-order valence-corrected chi connectivity index (χ2v) is 5.54. The minimum absolute atomic E-state index is 0.160. The van der Waals surface area contributed by atoms with Crippen molar-refractivity contribution in [3.63, 3.8) is 0 Å². The quantitative estimate of drug-likeness (QED) is 0.735.